The topological polar surface area (TPSA) is 120 Å². The molecule has 1 heterocycles. The molecule has 3 unspecified atom stereocenters. The summed E-state index contributed by atoms with van der Waals surface area (Å²) < 4.78 is 70.1. The molecule has 0 radical (unpaired) electrons. The molecule has 11 heteroatoms. The molecule has 2 aliphatic rings. The van der Waals surface area contributed by atoms with Gasteiger partial charge < -0.3 is 14.2 Å². The highest BCUT2D eigenvalue weighted by molar-refractivity contribution is 7.86. The van der Waals surface area contributed by atoms with Crippen molar-refractivity contribution in [3.8, 4) is 5.75 Å². The van der Waals surface area contributed by atoms with Crippen LogP contribution in [0.5, 0.6) is 5.75 Å². The van der Waals surface area contributed by atoms with Crippen molar-refractivity contribution in [1.29, 1.82) is 0 Å². The Morgan fingerprint density at radius 3 is 2.44 bits per heavy atom. The zero-order valence-corrected chi connectivity index (χ0v) is 14.7. The first-order valence-electron chi connectivity index (χ1n) is 8.06. The van der Waals surface area contributed by atoms with E-state index in [4.69, 9.17) is 14.0 Å². The first-order chi connectivity index (χ1) is 12.6. The zero-order chi connectivity index (χ0) is 19.8. The minimum absolute atomic E-state index is 0.120. The van der Waals surface area contributed by atoms with Gasteiger partial charge in [0.25, 0.3) is 0 Å². The van der Waals surface area contributed by atoms with E-state index in [2.05, 4.69) is 4.74 Å². The highest BCUT2D eigenvalue weighted by atomic mass is 32.2. The Morgan fingerprint density at radius 1 is 1.19 bits per heavy atom. The Balaban J connectivity index is 1.53. The number of carbonyl (C=O) groups is 2. The van der Waals surface area contributed by atoms with Crippen molar-refractivity contribution in [1.82, 2.24) is 0 Å². The van der Waals surface area contributed by atoms with E-state index in [0.717, 1.165) is 6.42 Å². The van der Waals surface area contributed by atoms with Crippen LogP contribution >= 0.6 is 0 Å². The second-order valence-corrected chi connectivity index (χ2v) is 7.90. The van der Waals surface area contributed by atoms with Gasteiger partial charge >= 0.3 is 27.3 Å². The molecule has 27 heavy (non-hydrogen) atoms. The van der Waals surface area contributed by atoms with E-state index < -0.39 is 33.9 Å². The number of benzene rings is 1. The Labute approximate surface area is 153 Å². The van der Waals surface area contributed by atoms with E-state index >= 15 is 0 Å². The molecule has 3 rings (SSSR count). The Kier molecular flexibility index (Phi) is 5.19. The summed E-state index contributed by atoms with van der Waals surface area (Å²) >= 11 is 0. The van der Waals surface area contributed by atoms with Crippen LogP contribution in [0.1, 0.15) is 29.6 Å². The van der Waals surface area contributed by atoms with Crippen LogP contribution in [0.15, 0.2) is 24.3 Å². The van der Waals surface area contributed by atoms with Crippen LogP contribution in [0.2, 0.25) is 0 Å². The van der Waals surface area contributed by atoms with Crippen molar-refractivity contribution >= 4 is 22.1 Å². The highest BCUT2D eigenvalue weighted by Gasteiger charge is 2.46. The van der Waals surface area contributed by atoms with Crippen LogP contribution in [0.25, 0.3) is 0 Å². The van der Waals surface area contributed by atoms with Gasteiger partial charge in [0.2, 0.25) is 0 Å². The molecular formula is C16H16F2O8S. The molecule has 0 spiro atoms. The van der Waals surface area contributed by atoms with E-state index in [1.807, 2.05) is 0 Å². The van der Waals surface area contributed by atoms with Crippen molar-refractivity contribution in [3.05, 3.63) is 29.8 Å². The maximum Gasteiger partial charge on any atom is 0.402 e. The first kappa shape index (κ1) is 19.6. The van der Waals surface area contributed by atoms with Gasteiger partial charge in [-0.05, 0) is 43.5 Å². The Bertz CT molecular complexity index is 836. The molecule has 1 N–H and O–H groups in total. The Hall–Kier alpha value is -2.11. The summed E-state index contributed by atoms with van der Waals surface area (Å²) in [5, 5.41) is -4.61. The lowest BCUT2D eigenvalue weighted by atomic mass is 9.89. The monoisotopic (exact) mass is 406 g/mol. The van der Waals surface area contributed by atoms with Gasteiger partial charge in [-0.15, -0.1) is 0 Å². The maximum atomic E-state index is 13.0. The van der Waals surface area contributed by atoms with Crippen molar-refractivity contribution < 1.29 is 45.6 Å². The summed E-state index contributed by atoms with van der Waals surface area (Å²) in [6.07, 6.45) is 2.47. The number of fused-ring (bicyclic) bond motifs is 1. The molecule has 1 saturated carbocycles. The van der Waals surface area contributed by atoms with Crippen LogP contribution in [-0.2, 0) is 24.4 Å². The van der Waals surface area contributed by atoms with Gasteiger partial charge in [-0.1, -0.05) is 0 Å². The SMILES string of the molecule is O=C(OCC(F)(F)S(=O)(=O)O)c1ccc(OC(=O)C2CCC3OC3C2)cc1. The van der Waals surface area contributed by atoms with Gasteiger partial charge in [-0.3, -0.25) is 9.35 Å². The standard InChI is InChI=1S/C16H16F2O8S/c17-16(18,27(21,22)23)8-24-14(19)9-1-4-11(5-2-9)25-15(20)10-3-6-12-13(7-10)26-12/h1-2,4-5,10,12-13H,3,6-8H2,(H,21,22,23). The van der Waals surface area contributed by atoms with E-state index in [9.17, 15) is 26.8 Å². The number of carbonyl (C=O) groups excluding carboxylic acids is 2. The maximum absolute atomic E-state index is 13.0. The normalized spacial score (nSPS) is 24.6. The average molecular weight is 406 g/mol. The van der Waals surface area contributed by atoms with Crippen molar-refractivity contribution in [2.45, 2.75) is 36.7 Å². The van der Waals surface area contributed by atoms with Crippen molar-refractivity contribution in [2.75, 3.05) is 6.61 Å². The molecular weight excluding hydrogens is 390 g/mol. The lowest BCUT2D eigenvalue weighted by Gasteiger charge is -2.17. The largest absolute Gasteiger partial charge is 0.454 e. The third kappa shape index (κ3) is 4.60. The van der Waals surface area contributed by atoms with Gasteiger partial charge in [0.1, 0.15) is 5.75 Å². The highest BCUT2D eigenvalue weighted by Crippen LogP contribution is 2.39. The minimum Gasteiger partial charge on any atom is -0.454 e. The molecule has 1 aliphatic carbocycles. The fourth-order valence-corrected chi connectivity index (χ4v) is 2.99. The summed E-state index contributed by atoms with van der Waals surface area (Å²) in [6.45, 7) is -1.83. The van der Waals surface area contributed by atoms with Crippen LogP contribution in [0.4, 0.5) is 8.78 Å². The number of rotatable bonds is 6. The summed E-state index contributed by atoms with van der Waals surface area (Å²) in [5.74, 6) is -1.73. The van der Waals surface area contributed by atoms with Gasteiger partial charge in [0.05, 0.1) is 23.7 Å². The summed E-state index contributed by atoms with van der Waals surface area (Å²) in [6, 6.07) is 4.93. The molecule has 0 bridgehead atoms. The van der Waals surface area contributed by atoms with Gasteiger partial charge in [-0.25, -0.2) is 4.79 Å². The summed E-state index contributed by atoms with van der Waals surface area (Å²) in [7, 11) is -5.69. The summed E-state index contributed by atoms with van der Waals surface area (Å²) in [5.41, 5.74) is -0.159. The molecule has 1 saturated heterocycles. The van der Waals surface area contributed by atoms with Crippen molar-refractivity contribution in [2.24, 2.45) is 5.92 Å². The molecule has 2 fully saturated rings. The van der Waals surface area contributed by atoms with E-state index in [-0.39, 0.29) is 29.4 Å². The van der Waals surface area contributed by atoms with Gasteiger partial charge in [0, 0.05) is 0 Å². The number of hydrogen-bond donors (Lipinski definition) is 1. The van der Waals surface area contributed by atoms with E-state index in [1.54, 1.807) is 0 Å². The fraction of sp³-hybridized carbons (Fsp3) is 0.500. The smallest absolute Gasteiger partial charge is 0.402 e. The second-order valence-electron chi connectivity index (χ2n) is 6.36. The van der Waals surface area contributed by atoms with Crippen LogP contribution < -0.4 is 4.74 Å². The number of epoxide rings is 1. The number of ether oxygens (including phenoxy) is 3. The number of alkyl halides is 2. The first-order valence-corrected chi connectivity index (χ1v) is 9.50. The quantitative estimate of drug-likeness (QED) is 0.329. The molecule has 0 amide bonds. The lowest BCUT2D eigenvalue weighted by molar-refractivity contribution is -0.139. The minimum atomic E-state index is -5.69. The summed E-state index contributed by atoms with van der Waals surface area (Å²) in [4.78, 5) is 23.8. The number of esters is 2. The van der Waals surface area contributed by atoms with E-state index in [1.165, 1.54) is 24.3 Å². The average Bonchev–Trinajstić information content (AvgIpc) is 3.38. The van der Waals surface area contributed by atoms with Gasteiger partial charge in [0.15, 0.2) is 6.61 Å². The molecule has 3 atom stereocenters. The number of halogens is 2. The second kappa shape index (κ2) is 7.13. The molecule has 1 aromatic rings. The predicted octanol–water partition coefficient (Wildman–Crippen LogP) is 1.80. The molecule has 1 aromatic carbocycles. The molecule has 1 aliphatic heterocycles. The third-order valence-corrected chi connectivity index (χ3v) is 5.27. The van der Waals surface area contributed by atoms with Crippen molar-refractivity contribution in [3.63, 3.8) is 0 Å². The van der Waals surface area contributed by atoms with Crippen LogP contribution in [0.3, 0.4) is 0 Å². The number of hydrogen-bond acceptors (Lipinski definition) is 7. The van der Waals surface area contributed by atoms with Crippen LogP contribution in [0, 0.1) is 5.92 Å². The zero-order valence-electron chi connectivity index (χ0n) is 13.8. The predicted molar refractivity (Wildman–Crippen MR) is 84.9 cm³/mol. The fourth-order valence-electron chi connectivity index (χ4n) is 2.78. The van der Waals surface area contributed by atoms with E-state index in [0.29, 0.717) is 12.8 Å². The molecule has 8 nitrogen and oxygen atoms in total. The Morgan fingerprint density at radius 2 is 1.85 bits per heavy atom. The van der Waals surface area contributed by atoms with Crippen LogP contribution in [-0.4, -0.2) is 49.0 Å². The third-order valence-electron chi connectivity index (χ3n) is 4.39. The lowest BCUT2D eigenvalue weighted by Crippen LogP contribution is -2.34. The molecule has 0 aromatic heterocycles. The molecule has 148 valence electrons. The van der Waals surface area contributed by atoms with Gasteiger partial charge in [-0.2, -0.15) is 17.2 Å².